The van der Waals surface area contributed by atoms with Gasteiger partial charge in [0.1, 0.15) is 5.75 Å². The van der Waals surface area contributed by atoms with Crippen molar-refractivity contribution in [3.63, 3.8) is 0 Å². The Morgan fingerprint density at radius 2 is 1.88 bits per heavy atom. The van der Waals surface area contributed by atoms with Crippen molar-refractivity contribution in [2.45, 2.75) is 19.9 Å². The predicted molar refractivity (Wildman–Crippen MR) is 99.9 cm³/mol. The fourth-order valence-corrected chi connectivity index (χ4v) is 3.05. The van der Waals surface area contributed by atoms with Crippen LogP contribution in [-0.4, -0.2) is 19.0 Å². The number of nitrogens with one attached hydrogen (secondary N) is 3. The van der Waals surface area contributed by atoms with E-state index in [1.807, 2.05) is 49.4 Å². The maximum atomic E-state index is 13.0. The van der Waals surface area contributed by atoms with Crippen LogP contribution in [0.1, 0.15) is 24.1 Å². The highest BCUT2D eigenvalue weighted by Gasteiger charge is 2.32. The molecule has 3 rings (SSSR count). The summed E-state index contributed by atoms with van der Waals surface area (Å²) >= 11 is 0. The van der Waals surface area contributed by atoms with Gasteiger partial charge in [-0.2, -0.15) is 0 Å². The Hall–Kier alpha value is -3.28. The maximum absolute atomic E-state index is 13.0. The van der Waals surface area contributed by atoms with E-state index in [0.717, 1.165) is 11.1 Å². The quantitative estimate of drug-likeness (QED) is 0.791. The van der Waals surface area contributed by atoms with Crippen LogP contribution in [0, 0.1) is 6.92 Å². The van der Waals surface area contributed by atoms with Gasteiger partial charge in [-0.05, 0) is 37.6 Å². The highest BCUT2D eigenvalue weighted by atomic mass is 16.5. The number of para-hydroxylation sites is 1. The Bertz CT molecular complexity index is 889. The number of urea groups is 1. The lowest BCUT2D eigenvalue weighted by atomic mass is 9.94. The van der Waals surface area contributed by atoms with Gasteiger partial charge in [0.2, 0.25) is 0 Å². The van der Waals surface area contributed by atoms with Crippen LogP contribution < -0.4 is 20.7 Å². The van der Waals surface area contributed by atoms with Crippen molar-refractivity contribution in [1.82, 2.24) is 10.6 Å². The molecular weight excluding hydrogens is 330 g/mol. The van der Waals surface area contributed by atoms with Gasteiger partial charge in [0, 0.05) is 16.9 Å². The van der Waals surface area contributed by atoms with Crippen LogP contribution >= 0.6 is 0 Å². The SMILES string of the molecule is COc1ccccc1[C@H]1NC(=O)NC(C)=C1C(=O)Nc1cccc(C)c1. The lowest BCUT2D eigenvalue weighted by molar-refractivity contribution is -0.113. The molecule has 2 aromatic rings. The third-order valence-electron chi connectivity index (χ3n) is 4.24. The summed E-state index contributed by atoms with van der Waals surface area (Å²) in [6, 6.07) is 13.9. The number of anilines is 1. The second kappa shape index (κ2) is 7.31. The highest BCUT2D eigenvalue weighted by molar-refractivity contribution is 6.06. The van der Waals surface area contributed by atoms with E-state index in [4.69, 9.17) is 4.74 Å². The molecule has 1 atom stereocenters. The van der Waals surface area contributed by atoms with Gasteiger partial charge in [-0.25, -0.2) is 4.79 Å². The molecule has 0 saturated heterocycles. The second-order valence-electron chi connectivity index (χ2n) is 6.14. The van der Waals surface area contributed by atoms with Gasteiger partial charge < -0.3 is 20.7 Å². The smallest absolute Gasteiger partial charge is 0.319 e. The highest BCUT2D eigenvalue weighted by Crippen LogP contribution is 2.33. The number of ether oxygens (including phenoxy) is 1. The fourth-order valence-electron chi connectivity index (χ4n) is 3.05. The topological polar surface area (TPSA) is 79.5 Å². The average Bonchev–Trinajstić information content (AvgIpc) is 2.60. The van der Waals surface area contributed by atoms with E-state index in [-0.39, 0.29) is 11.9 Å². The zero-order chi connectivity index (χ0) is 18.7. The molecular formula is C20H21N3O3. The van der Waals surface area contributed by atoms with Crippen LogP contribution in [0.2, 0.25) is 0 Å². The molecule has 3 N–H and O–H groups in total. The molecule has 0 saturated carbocycles. The number of amides is 3. The van der Waals surface area contributed by atoms with Gasteiger partial charge in [0.25, 0.3) is 5.91 Å². The zero-order valence-electron chi connectivity index (χ0n) is 14.9. The standard InChI is InChI=1S/C20H21N3O3/c1-12-7-6-8-14(11-12)22-19(24)17-13(2)21-20(25)23-18(17)15-9-4-5-10-16(15)26-3/h4-11,18H,1-3H3,(H,22,24)(H2,21,23,25)/t18-/m1/s1. The Kier molecular flexibility index (Phi) is 4.93. The van der Waals surface area contributed by atoms with Gasteiger partial charge in [-0.15, -0.1) is 0 Å². The van der Waals surface area contributed by atoms with Crippen LogP contribution in [0.5, 0.6) is 5.75 Å². The fraction of sp³-hybridized carbons (Fsp3) is 0.200. The first kappa shape index (κ1) is 17.5. The summed E-state index contributed by atoms with van der Waals surface area (Å²) in [6.07, 6.45) is 0. The minimum atomic E-state index is -0.607. The molecule has 0 radical (unpaired) electrons. The largest absolute Gasteiger partial charge is 0.496 e. The molecule has 1 aliphatic heterocycles. The molecule has 6 heteroatoms. The molecule has 134 valence electrons. The van der Waals surface area contributed by atoms with Crippen molar-refractivity contribution in [2.24, 2.45) is 0 Å². The first-order valence-electron chi connectivity index (χ1n) is 8.29. The summed E-state index contributed by atoms with van der Waals surface area (Å²) in [7, 11) is 1.56. The number of rotatable bonds is 4. The normalized spacial score (nSPS) is 16.6. The van der Waals surface area contributed by atoms with Gasteiger partial charge >= 0.3 is 6.03 Å². The van der Waals surface area contributed by atoms with E-state index >= 15 is 0 Å². The molecule has 0 fully saturated rings. The Balaban J connectivity index is 1.99. The maximum Gasteiger partial charge on any atom is 0.319 e. The molecule has 0 unspecified atom stereocenters. The molecule has 2 aromatic carbocycles. The summed E-state index contributed by atoms with van der Waals surface area (Å²) < 4.78 is 5.41. The molecule has 0 aromatic heterocycles. The monoisotopic (exact) mass is 351 g/mol. The molecule has 6 nitrogen and oxygen atoms in total. The van der Waals surface area contributed by atoms with E-state index in [1.54, 1.807) is 20.1 Å². The Labute approximate surface area is 152 Å². The van der Waals surface area contributed by atoms with Crippen molar-refractivity contribution in [1.29, 1.82) is 0 Å². The van der Waals surface area contributed by atoms with Crippen molar-refractivity contribution in [3.8, 4) is 5.75 Å². The van der Waals surface area contributed by atoms with Crippen molar-refractivity contribution in [2.75, 3.05) is 12.4 Å². The summed E-state index contributed by atoms with van der Waals surface area (Å²) in [5.74, 6) is 0.324. The van der Waals surface area contributed by atoms with Crippen LogP contribution in [0.4, 0.5) is 10.5 Å². The number of benzene rings is 2. The lowest BCUT2D eigenvalue weighted by Gasteiger charge is -2.29. The summed E-state index contributed by atoms with van der Waals surface area (Å²) in [5, 5.41) is 8.40. The van der Waals surface area contributed by atoms with Crippen LogP contribution in [0.3, 0.4) is 0 Å². The van der Waals surface area contributed by atoms with E-state index < -0.39 is 6.04 Å². The first-order chi connectivity index (χ1) is 12.5. The van der Waals surface area contributed by atoms with Crippen molar-refractivity contribution in [3.05, 3.63) is 70.9 Å². The van der Waals surface area contributed by atoms with Crippen LogP contribution in [-0.2, 0) is 4.79 Å². The number of carbonyl (C=O) groups is 2. The summed E-state index contributed by atoms with van der Waals surface area (Å²) in [4.78, 5) is 25.0. The lowest BCUT2D eigenvalue weighted by Crippen LogP contribution is -2.46. The van der Waals surface area contributed by atoms with E-state index in [9.17, 15) is 9.59 Å². The number of carbonyl (C=O) groups excluding carboxylic acids is 2. The third kappa shape index (κ3) is 3.54. The summed E-state index contributed by atoms with van der Waals surface area (Å²) in [5.41, 5.74) is 3.42. The number of hydrogen-bond donors (Lipinski definition) is 3. The Morgan fingerprint density at radius 3 is 2.62 bits per heavy atom. The van der Waals surface area contributed by atoms with Gasteiger partial charge in [0.05, 0.1) is 18.7 Å². The van der Waals surface area contributed by atoms with Gasteiger partial charge in [0.15, 0.2) is 0 Å². The molecule has 0 spiro atoms. The van der Waals surface area contributed by atoms with Crippen LogP contribution in [0.15, 0.2) is 59.8 Å². The van der Waals surface area contributed by atoms with E-state index in [2.05, 4.69) is 16.0 Å². The van der Waals surface area contributed by atoms with Gasteiger partial charge in [-0.1, -0.05) is 30.3 Å². The first-order valence-corrected chi connectivity index (χ1v) is 8.29. The van der Waals surface area contributed by atoms with E-state index in [0.29, 0.717) is 22.7 Å². The molecule has 26 heavy (non-hydrogen) atoms. The predicted octanol–water partition coefficient (Wildman–Crippen LogP) is 3.27. The molecule has 1 aliphatic rings. The van der Waals surface area contributed by atoms with Crippen molar-refractivity contribution >= 4 is 17.6 Å². The third-order valence-corrected chi connectivity index (χ3v) is 4.24. The molecule has 1 heterocycles. The molecule has 0 bridgehead atoms. The van der Waals surface area contributed by atoms with Crippen LogP contribution in [0.25, 0.3) is 0 Å². The number of aryl methyl sites for hydroxylation is 1. The molecule has 0 aliphatic carbocycles. The average molecular weight is 351 g/mol. The second-order valence-corrected chi connectivity index (χ2v) is 6.14. The van der Waals surface area contributed by atoms with E-state index in [1.165, 1.54) is 0 Å². The number of hydrogen-bond acceptors (Lipinski definition) is 3. The zero-order valence-corrected chi connectivity index (χ0v) is 14.9. The minimum Gasteiger partial charge on any atom is -0.496 e. The number of methoxy groups -OCH3 is 1. The van der Waals surface area contributed by atoms with Crippen molar-refractivity contribution < 1.29 is 14.3 Å². The van der Waals surface area contributed by atoms with Gasteiger partial charge in [-0.3, -0.25) is 4.79 Å². The summed E-state index contributed by atoms with van der Waals surface area (Å²) in [6.45, 7) is 3.67. The molecule has 3 amide bonds. The Morgan fingerprint density at radius 1 is 1.12 bits per heavy atom. The minimum absolute atomic E-state index is 0.281. The number of allylic oxidation sites excluding steroid dienone is 1.